The Morgan fingerprint density at radius 3 is 2.39 bits per heavy atom. The van der Waals surface area contributed by atoms with E-state index in [4.69, 9.17) is 14.2 Å². The zero-order chi connectivity index (χ0) is 26.8. The molecule has 0 spiro atoms. The summed E-state index contributed by atoms with van der Waals surface area (Å²) in [7, 11) is 1.55. The number of methoxy groups -OCH3 is 1. The molecule has 190 valence electrons. The average molecular weight is 498 g/mol. The number of benzene rings is 2. The molecule has 1 unspecified atom stereocenters. The van der Waals surface area contributed by atoms with Crippen LogP contribution in [0, 0.1) is 21.4 Å². The molecular weight excluding hydrogens is 470 g/mol. The second-order valence-electron chi connectivity index (χ2n) is 7.62. The second-order valence-corrected chi connectivity index (χ2v) is 7.62. The Balaban J connectivity index is 2.26. The maximum Gasteiger partial charge on any atom is 0.514 e. The number of rotatable bonds is 10. The van der Waals surface area contributed by atoms with Crippen LogP contribution in [0.25, 0.3) is 6.08 Å². The number of nitro groups is 1. The average Bonchev–Trinajstić information content (AvgIpc) is 2.84. The Morgan fingerprint density at radius 1 is 1.22 bits per heavy atom. The van der Waals surface area contributed by atoms with Crippen LogP contribution in [0.3, 0.4) is 0 Å². The number of nitro benzene ring substituents is 1. The van der Waals surface area contributed by atoms with Gasteiger partial charge in [-0.25, -0.2) is 4.79 Å². The number of nitrogens with zero attached hydrogens (tertiary/aromatic N) is 3. The Labute approximate surface area is 208 Å². The summed E-state index contributed by atoms with van der Waals surface area (Å²) in [4.78, 5) is 36.8. The molecule has 11 heteroatoms. The smallest absolute Gasteiger partial charge is 0.499 e. The van der Waals surface area contributed by atoms with Gasteiger partial charge < -0.3 is 24.2 Å². The second kappa shape index (κ2) is 12.8. The Morgan fingerprint density at radius 2 is 1.86 bits per heavy atom. The molecule has 11 nitrogen and oxygen atoms in total. The molecule has 0 radical (unpaired) electrons. The van der Waals surface area contributed by atoms with Crippen LogP contribution >= 0.6 is 0 Å². The number of hydrogen-bond acceptors (Lipinski definition) is 9. The van der Waals surface area contributed by atoms with Gasteiger partial charge in [0.15, 0.2) is 5.75 Å². The summed E-state index contributed by atoms with van der Waals surface area (Å²) < 4.78 is 15.4. The molecule has 2 aromatic rings. The van der Waals surface area contributed by atoms with Gasteiger partial charge in [0.2, 0.25) is 5.75 Å². The van der Waals surface area contributed by atoms with Crippen molar-refractivity contribution in [1.29, 1.82) is 5.26 Å². The van der Waals surface area contributed by atoms with Crippen molar-refractivity contribution >= 4 is 23.8 Å². The molecular formula is C25H27N3O8. The quantitative estimate of drug-likeness (QED) is 0.127. The van der Waals surface area contributed by atoms with Gasteiger partial charge in [-0.2, -0.15) is 5.26 Å². The molecule has 1 amide bonds. The molecule has 0 saturated carbocycles. The third-order valence-electron chi connectivity index (χ3n) is 5.16. The predicted octanol–water partition coefficient (Wildman–Crippen LogP) is 4.23. The van der Waals surface area contributed by atoms with Crippen molar-refractivity contribution in [2.75, 3.05) is 20.2 Å². The summed E-state index contributed by atoms with van der Waals surface area (Å²) in [6, 6.07) is 11.0. The lowest BCUT2D eigenvalue weighted by Gasteiger charge is -2.17. The number of nitriles is 1. The van der Waals surface area contributed by atoms with Gasteiger partial charge in [0.05, 0.1) is 12.0 Å². The molecule has 2 rings (SSSR count). The molecule has 2 aromatic carbocycles. The monoisotopic (exact) mass is 497 g/mol. The van der Waals surface area contributed by atoms with Crippen molar-refractivity contribution in [1.82, 2.24) is 4.90 Å². The van der Waals surface area contributed by atoms with Crippen LogP contribution in [-0.2, 0) is 16.0 Å². The molecule has 1 atom stereocenters. The molecule has 0 aliphatic heterocycles. The lowest BCUT2D eigenvalue weighted by Crippen LogP contribution is -2.31. The zero-order valence-electron chi connectivity index (χ0n) is 20.4. The number of carbonyl (C=O) groups is 2. The third kappa shape index (κ3) is 7.20. The van der Waals surface area contributed by atoms with E-state index in [1.807, 2.05) is 0 Å². The molecule has 0 aromatic heterocycles. The normalized spacial score (nSPS) is 11.7. The van der Waals surface area contributed by atoms with Gasteiger partial charge in [-0.3, -0.25) is 14.9 Å². The van der Waals surface area contributed by atoms with Gasteiger partial charge in [-0.15, -0.1) is 0 Å². The molecule has 0 fully saturated rings. The number of aromatic hydroxyl groups is 1. The van der Waals surface area contributed by atoms with E-state index in [2.05, 4.69) is 0 Å². The van der Waals surface area contributed by atoms with Crippen molar-refractivity contribution in [3.8, 4) is 23.3 Å². The van der Waals surface area contributed by atoms with E-state index < -0.39 is 40.3 Å². The Bertz CT molecular complexity index is 1180. The summed E-state index contributed by atoms with van der Waals surface area (Å²) >= 11 is 0. The van der Waals surface area contributed by atoms with Crippen LogP contribution < -0.4 is 9.47 Å². The number of amides is 1. The van der Waals surface area contributed by atoms with Gasteiger partial charge in [0, 0.05) is 25.6 Å². The van der Waals surface area contributed by atoms with Crippen LogP contribution in [0.2, 0.25) is 0 Å². The van der Waals surface area contributed by atoms with E-state index in [0.717, 1.165) is 23.8 Å². The first-order valence-electron chi connectivity index (χ1n) is 11.1. The van der Waals surface area contributed by atoms with E-state index in [-0.39, 0.29) is 11.1 Å². The number of hydrogen-bond donors (Lipinski definition) is 1. The van der Waals surface area contributed by atoms with Gasteiger partial charge in [0.25, 0.3) is 5.91 Å². The first-order chi connectivity index (χ1) is 17.1. The number of carbonyl (C=O) groups excluding carboxylic acids is 2. The summed E-state index contributed by atoms with van der Waals surface area (Å²) in [5.74, 6) is -1.33. The zero-order valence-corrected chi connectivity index (χ0v) is 20.4. The summed E-state index contributed by atoms with van der Waals surface area (Å²) in [5.41, 5.74) is -0.181. The lowest BCUT2D eigenvalue weighted by atomic mass is 10.1. The van der Waals surface area contributed by atoms with Crippen LogP contribution in [0.1, 0.15) is 31.9 Å². The van der Waals surface area contributed by atoms with Gasteiger partial charge in [-0.1, -0.05) is 12.1 Å². The summed E-state index contributed by atoms with van der Waals surface area (Å²) in [6.45, 7) is 5.84. The first kappa shape index (κ1) is 27.7. The van der Waals surface area contributed by atoms with E-state index in [1.165, 1.54) is 4.90 Å². The SMILES string of the molecule is CCN(CC)C(=O)C(C#N)=Cc1cc(OC(=O)OC(C)Cc2ccc(OC)cc2)c(O)c([N+](=O)[O-])c1. The van der Waals surface area contributed by atoms with Crippen LogP contribution in [0.15, 0.2) is 42.0 Å². The minimum absolute atomic E-state index is 0.00522. The highest BCUT2D eigenvalue weighted by Crippen LogP contribution is 2.38. The molecule has 0 heterocycles. The standard InChI is InChI=1S/C25H27N3O8/c1-5-27(6-2)24(30)19(15-26)12-18-13-21(28(32)33)23(29)22(14-18)36-25(31)35-16(3)11-17-7-9-20(34-4)10-8-17/h7-10,12-14,16,29H,5-6,11H2,1-4H3. The fraction of sp³-hybridized carbons (Fsp3) is 0.320. The highest BCUT2D eigenvalue weighted by molar-refractivity contribution is 6.01. The maximum absolute atomic E-state index is 12.5. The molecule has 1 N–H and O–H groups in total. The van der Waals surface area contributed by atoms with Gasteiger partial charge >= 0.3 is 11.8 Å². The fourth-order valence-electron chi connectivity index (χ4n) is 3.32. The van der Waals surface area contributed by atoms with Crippen molar-refractivity contribution < 1.29 is 33.8 Å². The third-order valence-corrected chi connectivity index (χ3v) is 5.16. The first-order valence-corrected chi connectivity index (χ1v) is 11.1. The van der Waals surface area contributed by atoms with Crippen molar-refractivity contribution in [3.63, 3.8) is 0 Å². The highest BCUT2D eigenvalue weighted by Gasteiger charge is 2.24. The van der Waals surface area contributed by atoms with E-state index in [9.17, 15) is 30.1 Å². The van der Waals surface area contributed by atoms with E-state index in [1.54, 1.807) is 58.2 Å². The Hall–Kier alpha value is -4.59. The minimum atomic E-state index is -1.19. The summed E-state index contributed by atoms with van der Waals surface area (Å²) in [5, 5.41) is 31.1. The molecule has 36 heavy (non-hydrogen) atoms. The fourth-order valence-corrected chi connectivity index (χ4v) is 3.32. The van der Waals surface area contributed by atoms with Crippen LogP contribution in [-0.4, -0.2) is 53.3 Å². The molecule has 0 aliphatic carbocycles. The number of ether oxygens (including phenoxy) is 3. The van der Waals surface area contributed by atoms with Gasteiger partial charge in [0.1, 0.15) is 23.5 Å². The highest BCUT2D eigenvalue weighted by atomic mass is 16.7. The van der Waals surface area contributed by atoms with Crippen molar-refractivity contribution in [2.45, 2.75) is 33.3 Å². The van der Waals surface area contributed by atoms with Crippen molar-refractivity contribution in [3.05, 3.63) is 63.2 Å². The molecule has 0 saturated heterocycles. The van der Waals surface area contributed by atoms with Gasteiger partial charge in [-0.05, 0) is 56.2 Å². The van der Waals surface area contributed by atoms with Crippen molar-refractivity contribution in [2.24, 2.45) is 0 Å². The Kier molecular flexibility index (Phi) is 9.80. The predicted molar refractivity (Wildman–Crippen MR) is 130 cm³/mol. The van der Waals surface area contributed by atoms with E-state index >= 15 is 0 Å². The lowest BCUT2D eigenvalue weighted by molar-refractivity contribution is -0.385. The van der Waals surface area contributed by atoms with Crippen LogP contribution in [0.4, 0.5) is 10.5 Å². The minimum Gasteiger partial charge on any atom is -0.499 e. The maximum atomic E-state index is 12.5. The number of phenolic OH excluding ortho intramolecular Hbond substituents is 1. The molecule has 0 bridgehead atoms. The summed E-state index contributed by atoms with van der Waals surface area (Å²) in [6.07, 6.45) is -0.339. The topological polar surface area (TPSA) is 152 Å². The number of likely N-dealkylation sites (N-methyl/N-ethyl adjacent to an activating group) is 1. The largest absolute Gasteiger partial charge is 0.514 e. The van der Waals surface area contributed by atoms with E-state index in [0.29, 0.717) is 25.3 Å². The number of phenols is 1. The van der Waals surface area contributed by atoms with Crippen LogP contribution in [0.5, 0.6) is 17.2 Å². The molecule has 0 aliphatic rings.